The van der Waals surface area contributed by atoms with Gasteiger partial charge in [-0.05, 0) is 35.5 Å². The van der Waals surface area contributed by atoms with Crippen molar-refractivity contribution in [3.8, 4) is 5.75 Å². The molecule has 2 aromatic heterocycles. The Labute approximate surface area is 114 Å². The van der Waals surface area contributed by atoms with Gasteiger partial charge in [-0.3, -0.25) is 0 Å². The molecule has 0 saturated carbocycles. The summed E-state index contributed by atoms with van der Waals surface area (Å²) in [4.78, 5) is 11.6. The Morgan fingerprint density at radius 3 is 2.85 bits per heavy atom. The van der Waals surface area contributed by atoms with Gasteiger partial charge < -0.3 is 9.30 Å². The fraction of sp³-hybridized carbons (Fsp3) is 0.308. The van der Waals surface area contributed by atoms with E-state index in [1.165, 1.54) is 4.68 Å². The molecule has 0 saturated heterocycles. The molecule has 1 N–H and O–H groups in total. The molecule has 0 aliphatic rings. The van der Waals surface area contributed by atoms with E-state index in [0.717, 1.165) is 27.9 Å². The van der Waals surface area contributed by atoms with E-state index in [9.17, 15) is 4.79 Å². The van der Waals surface area contributed by atoms with Crippen molar-refractivity contribution in [1.29, 1.82) is 0 Å². The molecule has 0 atom stereocenters. The predicted molar refractivity (Wildman–Crippen MR) is 74.0 cm³/mol. The summed E-state index contributed by atoms with van der Waals surface area (Å²) < 4.78 is 8.67. The number of aromatic nitrogens is 5. The maximum Gasteiger partial charge on any atom is 0.361 e. The fourth-order valence-corrected chi connectivity index (χ4v) is 2.42. The first-order valence-electron chi connectivity index (χ1n) is 6.22. The van der Waals surface area contributed by atoms with Crippen molar-refractivity contribution in [1.82, 2.24) is 24.8 Å². The van der Waals surface area contributed by atoms with Crippen LogP contribution in [0.25, 0.3) is 10.9 Å². The van der Waals surface area contributed by atoms with Crippen LogP contribution in [0.4, 0.5) is 0 Å². The molecule has 2 heterocycles. The number of ether oxygens (including phenoxy) is 1. The SMILES string of the molecule is COc1ccc2c(c1)c(Cn1nn[nH]c1=O)c(C)n2C. The highest BCUT2D eigenvalue weighted by Crippen LogP contribution is 2.28. The lowest BCUT2D eigenvalue weighted by Gasteiger charge is -2.02. The van der Waals surface area contributed by atoms with Crippen LogP contribution >= 0.6 is 0 Å². The Hall–Kier alpha value is -2.57. The Morgan fingerprint density at radius 1 is 1.40 bits per heavy atom. The average molecular weight is 273 g/mol. The third-order valence-electron chi connectivity index (χ3n) is 3.67. The number of methoxy groups -OCH3 is 1. The topological polar surface area (TPSA) is 77.7 Å². The summed E-state index contributed by atoms with van der Waals surface area (Å²) in [6.45, 7) is 2.40. The molecule has 7 nitrogen and oxygen atoms in total. The van der Waals surface area contributed by atoms with E-state index in [0.29, 0.717) is 6.54 Å². The third-order valence-corrected chi connectivity index (χ3v) is 3.67. The van der Waals surface area contributed by atoms with Crippen LogP contribution in [-0.4, -0.2) is 31.9 Å². The maximum atomic E-state index is 11.6. The number of hydrogen-bond donors (Lipinski definition) is 1. The first-order chi connectivity index (χ1) is 9.61. The Balaban J connectivity index is 2.20. The average Bonchev–Trinajstić information content (AvgIpc) is 2.96. The quantitative estimate of drug-likeness (QED) is 0.766. The number of fused-ring (bicyclic) bond motifs is 1. The molecule has 0 aliphatic heterocycles. The van der Waals surface area contributed by atoms with E-state index in [1.54, 1.807) is 7.11 Å². The number of tetrazole rings is 1. The number of rotatable bonds is 3. The lowest BCUT2D eigenvalue weighted by molar-refractivity contribution is 0.415. The lowest BCUT2D eigenvalue weighted by atomic mass is 10.1. The van der Waals surface area contributed by atoms with E-state index in [-0.39, 0.29) is 5.69 Å². The van der Waals surface area contributed by atoms with Crippen LogP contribution in [0.15, 0.2) is 23.0 Å². The van der Waals surface area contributed by atoms with Gasteiger partial charge in [0.25, 0.3) is 0 Å². The summed E-state index contributed by atoms with van der Waals surface area (Å²) in [6, 6.07) is 5.91. The van der Waals surface area contributed by atoms with Crippen molar-refractivity contribution < 1.29 is 4.74 Å². The van der Waals surface area contributed by atoms with Crippen LogP contribution in [0, 0.1) is 6.92 Å². The summed E-state index contributed by atoms with van der Waals surface area (Å²) in [5.74, 6) is 0.789. The molecule has 104 valence electrons. The molecule has 0 unspecified atom stereocenters. The van der Waals surface area contributed by atoms with E-state index in [1.807, 2.05) is 32.2 Å². The number of benzene rings is 1. The fourth-order valence-electron chi connectivity index (χ4n) is 2.42. The van der Waals surface area contributed by atoms with Gasteiger partial charge in [-0.2, -0.15) is 4.68 Å². The van der Waals surface area contributed by atoms with Gasteiger partial charge in [0.15, 0.2) is 0 Å². The lowest BCUT2D eigenvalue weighted by Crippen LogP contribution is -2.19. The van der Waals surface area contributed by atoms with E-state index < -0.39 is 0 Å². The molecule has 3 aromatic rings. The molecular weight excluding hydrogens is 258 g/mol. The van der Waals surface area contributed by atoms with Crippen LogP contribution in [0.2, 0.25) is 0 Å². The zero-order valence-corrected chi connectivity index (χ0v) is 11.5. The molecule has 3 rings (SSSR count). The van der Waals surface area contributed by atoms with Crippen LogP contribution in [0.5, 0.6) is 5.75 Å². The van der Waals surface area contributed by atoms with Crippen LogP contribution in [0.1, 0.15) is 11.3 Å². The molecule has 0 amide bonds. The molecule has 0 fully saturated rings. The van der Waals surface area contributed by atoms with Gasteiger partial charge >= 0.3 is 5.69 Å². The first kappa shape index (κ1) is 12.5. The maximum absolute atomic E-state index is 11.6. The summed E-state index contributed by atoms with van der Waals surface area (Å²) in [5.41, 5.74) is 2.90. The molecule has 0 bridgehead atoms. The Morgan fingerprint density at radius 2 is 2.20 bits per heavy atom. The summed E-state index contributed by atoms with van der Waals surface area (Å²) >= 11 is 0. The van der Waals surface area contributed by atoms with Crippen LogP contribution < -0.4 is 10.4 Å². The highest BCUT2D eigenvalue weighted by molar-refractivity contribution is 5.86. The summed E-state index contributed by atoms with van der Waals surface area (Å²) in [6.07, 6.45) is 0. The van der Waals surface area contributed by atoms with E-state index in [4.69, 9.17) is 4.74 Å². The number of H-pyrrole nitrogens is 1. The van der Waals surface area contributed by atoms with Crippen molar-refractivity contribution in [2.75, 3.05) is 7.11 Å². The molecule has 0 radical (unpaired) electrons. The van der Waals surface area contributed by atoms with Crippen molar-refractivity contribution in [2.24, 2.45) is 7.05 Å². The summed E-state index contributed by atoms with van der Waals surface area (Å²) in [5, 5.41) is 10.6. The number of nitrogens with zero attached hydrogens (tertiary/aromatic N) is 4. The minimum absolute atomic E-state index is 0.315. The smallest absolute Gasteiger partial charge is 0.361 e. The normalized spacial score (nSPS) is 11.2. The molecule has 1 aromatic carbocycles. The molecule has 20 heavy (non-hydrogen) atoms. The van der Waals surface area contributed by atoms with Crippen LogP contribution in [-0.2, 0) is 13.6 Å². The number of nitrogens with one attached hydrogen (secondary N) is 1. The van der Waals surface area contributed by atoms with Crippen molar-refractivity contribution in [3.05, 3.63) is 39.9 Å². The second kappa shape index (κ2) is 4.52. The molecule has 0 spiro atoms. The van der Waals surface area contributed by atoms with E-state index in [2.05, 4.69) is 20.1 Å². The van der Waals surface area contributed by atoms with Gasteiger partial charge in [-0.25, -0.2) is 9.89 Å². The highest BCUT2D eigenvalue weighted by Gasteiger charge is 2.14. The zero-order chi connectivity index (χ0) is 14.3. The summed E-state index contributed by atoms with van der Waals surface area (Å²) in [7, 11) is 3.64. The standard InChI is InChI=1S/C13H15N5O2/c1-8-11(7-18-13(19)14-15-16-18)10-6-9(20-3)4-5-12(10)17(8)2/h4-6H,7H2,1-3H3,(H,14,16,19). The van der Waals surface area contributed by atoms with Gasteiger partial charge in [-0.15, -0.1) is 0 Å². The zero-order valence-electron chi connectivity index (χ0n) is 11.5. The molecule has 0 aliphatic carbocycles. The second-order valence-electron chi connectivity index (χ2n) is 4.67. The number of aryl methyl sites for hydroxylation is 1. The van der Waals surface area contributed by atoms with Crippen molar-refractivity contribution >= 4 is 10.9 Å². The van der Waals surface area contributed by atoms with Crippen molar-refractivity contribution in [2.45, 2.75) is 13.5 Å². The van der Waals surface area contributed by atoms with Gasteiger partial charge in [0.1, 0.15) is 5.75 Å². The molecular formula is C13H15N5O2. The third kappa shape index (κ3) is 1.78. The van der Waals surface area contributed by atoms with Gasteiger partial charge in [-0.1, -0.05) is 0 Å². The van der Waals surface area contributed by atoms with Crippen molar-refractivity contribution in [3.63, 3.8) is 0 Å². The first-order valence-corrected chi connectivity index (χ1v) is 6.22. The number of aromatic amines is 1. The predicted octanol–water partition coefficient (Wildman–Crippen LogP) is 0.823. The second-order valence-corrected chi connectivity index (χ2v) is 4.67. The minimum Gasteiger partial charge on any atom is -0.497 e. The van der Waals surface area contributed by atoms with E-state index >= 15 is 0 Å². The monoisotopic (exact) mass is 273 g/mol. The Kier molecular flexibility index (Phi) is 2.81. The number of hydrogen-bond acceptors (Lipinski definition) is 4. The molecule has 7 heteroatoms. The van der Waals surface area contributed by atoms with Gasteiger partial charge in [0.05, 0.1) is 13.7 Å². The highest BCUT2D eigenvalue weighted by atomic mass is 16.5. The Bertz CT molecular complexity index is 827. The minimum atomic E-state index is -0.315. The largest absolute Gasteiger partial charge is 0.497 e. The van der Waals surface area contributed by atoms with Gasteiger partial charge in [0.2, 0.25) is 0 Å². The van der Waals surface area contributed by atoms with Crippen LogP contribution in [0.3, 0.4) is 0 Å². The van der Waals surface area contributed by atoms with Gasteiger partial charge in [0, 0.05) is 29.2 Å².